The van der Waals surface area contributed by atoms with E-state index in [0.29, 0.717) is 28.4 Å². The molecule has 0 fully saturated rings. The lowest BCUT2D eigenvalue weighted by Gasteiger charge is -2.10. The van der Waals surface area contributed by atoms with Gasteiger partial charge in [0.05, 0.1) is 16.6 Å². The molecule has 1 aromatic heterocycles. The van der Waals surface area contributed by atoms with Crippen LogP contribution in [-0.4, -0.2) is 27.9 Å². The molecule has 10 heteroatoms. The van der Waals surface area contributed by atoms with Gasteiger partial charge >= 0.3 is 6.55 Å². The highest BCUT2D eigenvalue weighted by molar-refractivity contribution is 5.95. The van der Waals surface area contributed by atoms with Gasteiger partial charge < -0.3 is 10.6 Å². The molecule has 0 aliphatic rings. The molecule has 3 aromatic carbocycles. The van der Waals surface area contributed by atoms with Gasteiger partial charge in [-0.25, -0.2) is 13.8 Å². The Morgan fingerprint density at radius 3 is 2.41 bits per heavy atom. The average molecular weight is 470 g/mol. The van der Waals surface area contributed by atoms with E-state index >= 15 is 0 Å². The van der Waals surface area contributed by atoms with E-state index in [0.717, 1.165) is 16.7 Å². The molecule has 2 amide bonds. The fraction of sp³-hybridized carbons (Fsp3) is 0.125. The molecule has 174 valence electrons. The zero-order chi connectivity index (χ0) is 24.2. The van der Waals surface area contributed by atoms with Gasteiger partial charge in [-0.3, -0.25) is 14.2 Å². The number of nitrogens with zero attached hydrogens (tertiary/aromatic N) is 2. The van der Waals surface area contributed by atoms with Crippen molar-refractivity contribution in [1.82, 2.24) is 14.9 Å². The summed E-state index contributed by atoms with van der Waals surface area (Å²) in [5.41, 5.74) is 1.30. The zero-order valence-electron chi connectivity index (χ0n) is 17.6. The number of para-hydroxylation sites is 2. The summed E-state index contributed by atoms with van der Waals surface area (Å²) >= 11 is 0. The molecule has 0 unspecified atom stereocenters. The topological polar surface area (TPSA) is 76.0 Å². The SMILES string of the molecule is O=C(CCNC(=O)c1ccc(F)cc1F)Nc1ccc(-c2nc3ccccc3n2C(F)F)cc1. The van der Waals surface area contributed by atoms with Crippen LogP contribution in [0.25, 0.3) is 22.4 Å². The highest BCUT2D eigenvalue weighted by Gasteiger charge is 2.19. The first kappa shape index (κ1) is 23.0. The van der Waals surface area contributed by atoms with Crippen molar-refractivity contribution >= 4 is 28.5 Å². The summed E-state index contributed by atoms with van der Waals surface area (Å²) in [7, 11) is 0. The largest absolute Gasteiger partial charge is 0.351 e. The number of amides is 2. The van der Waals surface area contributed by atoms with Crippen molar-refractivity contribution in [1.29, 1.82) is 0 Å². The van der Waals surface area contributed by atoms with E-state index in [4.69, 9.17) is 0 Å². The first-order valence-corrected chi connectivity index (χ1v) is 10.2. The van der Waals surface area contributed by atoms with E-state index < -0.39 is 30.0 Å². The molecule has 6 nitrogen and oxygen atoms in total. The fourth-order valence-electron chi connectivity index (χ4n) is 3.43. The molecule has 0 bridgehead atoms. The number of aromatic nitrogens is 2. The summed E-state index contributed by atoms with van der Waals surface area (Å²) in [6.07, 6.45) is -0.0997. The lowest BCUT2D eigenvalue weighted by molar-refractivity contribution is -0.116. The van der Waals surface area contributed by atoms with Crippen LogP contribution in [-0.2, 0) is 4.79 Å². The summed E-state index contributed by atoms with van der Waals surface area (Å²) in [5, 5.41) is 5.02. The molecule has 4 aromatic rings. The predicted molar refractivity (Wildman–Crippen MR) is 118 cm³/mol. The van der Waals surface area contributed by atoms with Crippen LogP contribution in [0.4, 0.5) is 23.2 Å². The second kappa shape index (κ2) is 9.74. The standard InChI is InChI=1S/C24H18F4N4O2/c25-15-7-10-17(18(26)13-15)23(34)29-12-11-21(33)30-16-8-5-14(6-9-16)22-31-19-3-1-2-4-20(19)32(22)24(27)28/h1-10,13,24H,11-12H2,(H,29,34)(H,30,33). The maximum absolute atomic E-state index is 13.6. The zero-order valence-corrected chi connectivity index (χ0v) is 17.6. The van der Waals surface area contributed by atoms with E-state index in [2.05, 4.69) is 15.6 Å². The normalized spacial score (nSPS) is 11.1. The van der Waals surface area contributed by atoms with E-state index in [-0.39, 0.29) is 24.4 Å². The van der Waals surface area contributed by atoms with Crippen LogP contribution in [0, 0.1) is 11.6 Å². The number of hydrogen-bond donors (Lipinski definition) is 2. The number of carbonyl (C=O) groups excluding carboxylic acids is 2. The monoisotopic (exact) mass is 470 g/mol. The first-order valence-electron chi connectivity index (χ1n) is 10.2. The molecular weight excluding hydrogens is 452 g/mol. The first-order chi connectivity index (χ1) is 16.3. The summed E-state index contributed by atoms with van der Waals surface area (Å²) in [5.74, 6) is -2.89. The van der Waals surface area contributed by atoms with Gasteiger partial charge in [-0.05, 0) is 48.5 Å². The summed E-state index contributed by atoms with van der Waals surface area (Å²) < 4.78 is 54.7. The van der Waals surface area contributed by atoms with Gasteiger partial charge in [-0.2, -0.15) is 8.78 Å². The number of carbonyl (C=O) groups is 2. The molecule has 2 N–H and O–H groups in total. The van der Waals surface area contributed by atoms with Crippen molar-refractivity contribution in [2.24, 2.45) is 0 Å². The van der Waals surface area contributed by atoms with E-state index in [1.165, 1.54) is 0 Å². The number of rotatable bonds is 7. The smallest absolute Gasteiger partial charge is 0.320 e. The van der Waals surface area contributed by atoms with E-state index in [1.54, 1.807) is 48.5 Å². The molecule has 0 radical (unpaired) electrons. The van der Waals surface area contributed by atoms with Crippen molar-refractivity contribution < 1.29 is 27.2 Å². The molecule has 4 rings (SSSR count). The van der Waals surface area contributed by atoms with Crippen molar-refractivity contribution in [3.05, 3.63) is 83.9 Å². The molecule has 34 heavy (non-hydrogen) atoms. The maximum atomic E-state index is 13.6. The van der Waals surface area contributed by atoms with Crippen molar-refractivity contribution in [2.75, 3.05) is 11.9 Å². The van der Waals surface area contributed by atoms with Gasteiger partial charge in [0, 0.05) is 30.3 Å². The van der Waals surface area contributed by atoms with Gasteiger partial charge in [0.2, 0.25) is 5.91 Å². The summed E-state index contributed by atoms with van der Waals surface area (Å²) in [6.45, 7) is -2.85. The molecule has 0 aliphatic heterocycles. The van der Waals surface area contributed by atoms with Gasteiger partial charge in [0.25, 0.3) is 5.91 Å². The van der Waals surface area contributed by atoms with Crippen LogP contribution in [0.3, 0.4) is 0 Å². The third kappa shape index (κ3) is 4.90. The number of nitrogens with one attached hydrogen (secondary N) is 2. The Balaban J connectivity index is 1.37. The number of benzene rings is 3. The Hall–Kier alpha value is -4.21. The number of alkyl halides is 2. The molecular formula is C24H18F4N4O2. The second-order valence-electron chi connectivity index (χ2n) is 7.33. The molecule has 0 atom stereocenters. The Kier molecular flexibility index (Phi) is 6.58. The minimum Gasteiger partial charge on any atom is -0.351 e. The van der Waals surface area contributed by atoms with Crippen LogP contribution >= 0.6 is 0 Å². The summed E-state index contributed by atoms with van der Waals surface area (Å²) in [6, 6.07) is 15.4. The van der Waals surface area contributed by atoms with Gasteiger partial charge in [-0.15, -0.1) is 0 Å². The second-order valence-corrected chi connectivity index (χ2v) is 7.33. The van der Waals surface area contributed by atoms with E-state index in [9.17, 15) is 27.2 Å². The Morgan fingerprint density at radius 2 is 1.71 bits per heavy atom. The number of halogens is 4. The van der Waals surface area contributed by atoms with Crippen LogP contribution in [0.2, 0.25) is 0 Å². The molecule has 0 saturated carbocycles. The van der Waals surface area contributed by atoms with Crippen LogP contribution < -0.4 is 10.6 Å². The van der Waals surface area contributed by atoms with E-state index in [1.807, 2.05) is 0 Å². The Labute approximate surface area is 191 Å². The summed E-state index contributed by atoms with van der Waals surface area (Å²) in [4.78, 5) is 28.4. The lowest BCUT2D eigenvalue weighted by Crippen LogP contribution is -2.28. The fourth-order valence-corrected chi connectivity index (χ4v) is 3.43. The number of fused-ring (bicyclic) bond motifs is 1. The maximum Gasteiger partial charge on any atom is 0.320 e. The molecule has 0 aliphatic carbocycles. The third-order valence-electron chi connectivity index (χ3n) is 5.03. The highest BCUT2D eigenvalue weighted by Crippen LogP contribution is 2.30. The van der Waals surface area contributed by atoms with Crippen LogP contribution in [0.5, 0.6) is 0 Å². The van der Waals surface area contributed by atoms with Crippen LogP contribution in [0.1, 0.15) is 23.3 Å². The van der Waals surface area contributed by atoms with Crippen molar-refractivity contribution in [2.45, 2.75) is 13.0 Å². The van der Waals surface area contributed by atoms with Gasteiger partial charge in [0.15, 0.2) is 0 Å². The quantitative estimate of drug-likeness (QED) is 0.368. The predicted octanol–water partition coefficient (Wildman–Crippen LogP) is 5.14. The van der Waals surface area contributed by atoms with Crippen molar-refractivity contribution in [3.8, 4) is 11.4 Å². The lowest BCUT2D eigenvalue weighted by atomic mass is 10.2. The Morgan fingerprint density at radius 1 is 0.971 bits per heavy atom. The average Bonchev–Trinajstić information content (AvgIpc) is 3.19. The minimum absolute atomic E-state index is 0.0714. The number of anilines is 1. The Bertz CT molecular complexity index is 1350. The third-order valence-corrected chi connectivity index (χ3v) is 5.03. The molecule has 0 spiro atoms. The van der Waals surface area contributed by atoms with Gasteiger partial charge in [0.1, 0.15) is 17.5 Å². The molecule has 0 saturated heterocycles. The highest BCUT2D eigenvalue weighted by atomic mass is 19.3. The van der Waals surface area contributed by atoms with Crippen molar-refractivity contribution in [3.63, 3.8) is 0 Å². The van der Waals surface area contributed by atoms with Crippen LogP contribution in [0.15, 0.2) is 66.7 Å². The number of imidazole rings is 1. The number of hydrogen-bond acceptors (Lipinski definition) is 3. The molecule has 1 heterocycles. The minimum atomic E-state index is -2.78. The van der Waals surface area contributed by atoms with Gasteiger partial charge in [-0.1, -0.05) is 12.1 Å².